The van der Waals surface area contributed by atoms with Gasteiger partial charge in [0.2, 0.25) is 0 Å². The molecule has 6 heteroatoms. The summed E-state index contributed by atoms with van der Waals surface area (Å²) in [5.41, 5.74) is 1.15. The zero-order chi connectivity index (χ0) is 11.2. The maximum atomic E-state index is 11.0. The predicted molar refractivity (Wildman–Crippen MR) is 59.6 cm³/mol. The fourth-order valence-electron chi connectivity index (χ4n) is 1.44. The maximum Gasteiger partial charge on any atom is 0.354 e. The van der Waals surface area contributed by atoms with Gasteiger partial charge in [-0.1, -0.05) is 11.6 Å². The average molecular weight is 290 g/mol. The molecule has 0 saturated heterocycles. The van der Waals surface area contributed by atoms with Crippen LogP contribution in [0, 0.1) is 6.92 Å². The first kappa shape index (κ1) is 10.4. The fourth-order valence-corrected chi connectivity index (χ4v) is 2.31. The highest BCUT2D eigenvalue weighted by Gasteiger charge is 2.17. The summed E-state index contributed by atoms with van der Waals surface area (Å²) in [6, 6.07) is 1.68. The summed E-state index contributed by atoms with van der Waals surface area (Å²) in [7, 11) is 0. The van der Waals surface area contributed by atoms with Crippen molar-refractivity contribution in [1.82, 2.24) is 9.38 Å². The van der Waals surface area contributed by atoms with Crippen LogP contribution in [0.3, 0.4) is 0 Å². The summed E-state index contributed by atoms with van der Waals surface area (Å²) in [6.07, 6.45) is 1.53. The van der Waals surface area contributed by atoms with Crippen molar-refractivity contribution in [2.45, 2.75) is 6.92 Å². The molecule has 0 radical (unpaired) electrons. The molecule has 0 fully saturated rings. The molecule has 0 amide bonds. The van der Waals surface area contributed by atoms with Gasteiger partial charge in [-0.2, -0.15) is 0 Å². The van der Waals surface area contributed by atoms with Gasteiger partial charge in [0, 0.05) is 6.20 Å². The van der Waals surface area contributed by atoms with Crippen molar-refractivity contribution in [3.05, 3.63) is 33.1 Å². The molecule has 2 rings (SSSR count). The molecular formula is C9H6BrClN2O2. The van der Waals surface area contributed by atoms with Crippen molar-refractivity contribution in [1.29, 1.82) is 0 Å². The van der Waals surface area contributed by atoms with Gasteiger partial charge in [-0.25, -0.2) is 9.78 Å². The Morgan fingerprint density at radius 3 is 2.93 bits per heavy atom. The number of hydrogen-bond acceptors (Lipinski definition) is 2. The standard InChI is InChI=1S/C9H6BrClN2O2/c1-4-7(9(14)15)13-3-5(11)2-6(10)8(13)12-4/h2-3H,1H3,(H,14,15). The topological polar surface area (TPSA) is 54.6 Å². The van der Waals surface area contributed by atoms with Gasteiger partial charge in [0.15, 0.2) is 11.3 Å². The second-order valence-corrected chi connectivity index (χ2v) is 4.34. The molecule has 0 bridgehead atoms. The molecule has 0 unspecified atom stereocenters. The molecule has 0 atom stereocenters. The van der Waals surface area contributed by atoms with Crippen molar-refractivity contribution in [3.63, 3.8) is 0 Å². The van der Waals surface area contributed by atoms with Crippen LogP contribution in [0.1, 0.15) is 16.2 Å². The molecule has 0 spiro atoms. The van der Waals surface area contributed by atoms with Gasteiger partial charge < -0.3 is 5.11 Å². The minimum absolute atomic E-state index is 0.133. The lowest BCUT2D eigenvalue weighted by molar-refractivity contribution is 0.0688. The van der Waals surface area contributed by atoms with Gasteiger partial charge in [0.1, 0.15) is 0 Å². The van der Waals surface area contributed by atoms with Gasteiger partial charge in [0.25, 0.3) is 0 Å². The molecular weight excluding hydrogens is 283 g/mol. The number of fused-ring (bicyclic) bond motifs is 1. The number of aryl methyl sites for hydroxylation is 1. The Morgan fingerprint density at radius 2 is 2.33 bits per heavy atom. The first-order valence-corrected chi connectivity index (χ1v) is 5.25. The predicted octanol–water partition coefficient (Wildman–Crippen LogP) is 2.76. The summed E-state index contributed by atoms with van der Waals surface area (Å²) >= 11 is 9.12. The Bertz CT molecular complexity index is 565. The Hall–Kier alpha value is -1.07. The van der Waals surface area contributed by atoms with Gasteiger partial charge >= 0.3 is 5.97 Å². The number of carboxylic acid groups (broad SMARTS) is 1. The minimum atomic E-state index is -1.02. The van der Waals surface area contributed by atoms with Crippen molar-refractivity contribution in [2.24, 2.45) is 0 Å². The summed E-state index contributed by atoms with van der Waals surface area (Å²) < 4.78 is 2.13. The third-order valence-corrected chi connectivity index (χ3v) is 2.81. The molecule has 0 aliphatic carbocycles. The number of aromatic nitrogens is 2. The number of rotatable bonds is 1. The third kappa shape index (κ3) is 1.61. The molecule has 0 aliphatic rings. The van der Waals surface area contributed by atoms with E-state index in [4.69, 9.17) is 16.7 Å². The van der Waals surface area contributed by atoms with Crippen LogP contribution in [0.4, 0.5) is 0 Å². The van der Waals surface area contributed by atoms with Crippen LogP contribution in [0.2, 0.25) is 5.02 Å². The monoisotopic (exact) mass is 288 g/mol. The molecule has 2 aromatic rings. The molecule has 78 valence electrons. The van der Waals surface area contributed by atoms with E-state index in [-0.39, 0.29) is 5.69 Å². The average Bonchev–Trinajstić information content (AvgIpc) is 2.41. The van der Waals surface area contributed by atoms with Gasteiger partial charge in [-0.15, -0.1) is 0 Å². The number of carbonyl (C=O) groups is 1. The Kier molecular flexibility index (Phi) is 2.44. The van der Waals surface area contributed by atoms with E-state index in [1.54, 1.807) is 13.0 Å². The van der Waals surface area contributed by atoms with E-state index in [0.717, 1.165) is 0 Å². The molecule has 2 aromatic heterocycles. The number of imidazole rings is 1. The molecule has 2 heterocycles. The number of halogens is 2. The largest absolute Gasteiger partial charge is 0.477 e. The van der Waals surface area contributed by atoms with Crippen LogP contribution in [0.25, 0.3) is 5.65 Å². The van der Waals surface area contributed by atoms with Crippen LogP contribution in [0.15, 0.2) is 16.7 Å². The normalized spacial score (nSPS) is 10.9. The van der Waals surface area contributed by atoms with Crippen LogP contribution >= 0.6 is 27.5 Å². The Labute approximate surface area is 98.6 Å². The van der Waals surface area contributed by atoms with Crippen molar-refractivity contribution >= 4 is 39.1 Å². The highest BCUT2D eigenvalue weighted by atomic mass is 79.9. The highest BCUT2D eigenvalue weighted by molar-refractivity contribution is 9.10. The van der Waals surface area contributed by atoms with E-state index in [9.17, 15) is 4.79 Å². The minimum Gasteiger partial charge on any atom is -0.477 e. The molecule has 4 nitrogen and oxygen atoms in total. The molecule has 15 heavy (non-hydrogen) atoms. The smallest absolute Gasteiger partial charge is 0.354 e. The zero-order valence-corrected chi connectivity index (χ0v) is 10.0. The second kappa shape index (κ2) is 3.50. The first-order valence-electron chi connectivity index (χ1n) is 4.07. The van der Waals surface area contributed by atoms with Gasteiger partial charge in [0.05, 0.1) is 15.2 Å². The van der Waals surface area contributed by atoms with E-state index in [0.29, 0.717) is 20.8 Å². The van der Waals surface area contributed by atoms with E-state index in [2.05, 4.69) is 20.9 Å². The van der Waals surface area contributed by atoms with Gasteiger partial charge in [-0.05, 0) is 28.9 Å². The van der Waals surface area contributed by atoms with E-state index in [1.807, 2.05) is 0 Å². The van der Waals surface area contributed by atoms with Gasteiger partial charge in [-0.3, -0.25) is 4.40 Å². The lowest BCUT2D eigenvalue weighted by Crippen LogP contribution is -2.03. The molecule has 0 aromatic carbocycles. The number of pyridine rings is 1. The SMILES string of the molecule is Cc1nc2c(Br)cc(Cl)cn2c1C(=O)O. The van der Waals surface area contributed by atoms with Crippen LogP contribution in [-0.4, -0.2) is 20.5 Å². The number of carboxylic acids is 1. The number of aromatic carboxylic acids is 1. The summed E-state index contributed by atoms with van der Waals surface area (Å²) in [5.74, 6) is -1.02. The molecule has 0 aliphatic heterocycles. The van der Waals surface area contributed by atoms with E-state index >= 15 is 0 Å². The Balaban J connectivity index is 2.93. The lowest BCUT2D eigenvalue weighted by Gasteiger charge is -1.99. The van der Waals surface area contributed by atoms with Crippen LogP contribution in [0.5, 0.6) is 0 Å². The van der Waals surface area contributed by atoms with Crippen LogP contribution in [-0.2, 0) is 0 Å². The van der Waals surface area contributed by atoms with Crippen molar-refractivity contribution in [3.8, 4) is 0 Å². The maximum absolute atomic E-state index is 11.0. The first-order chi connectivity index (χ1) is 7.00. The van der Waals surface area contributed by atoms with Crippen LogP contribution < -0.4 is 0 Å². The summed E-state index contributed by atoms with van der Waals surface area (Å²) in [5, 5.41) is 9.47. The quantitative estimate of drug-likeness (QED) is 0.878. The summed E-state index contributed by atoms with van der Waals surface area (Å²) in [4.78, 5) is 15.2. The van der Waals surface area contributed by atoms with Crippen molar-refractivity contribution < 1.29 is 9.90 Å². The molecule has 1 N–H and O–H groups in total. The number of nitrogens with zero attached hydrogens (tertiary/aromatic N) is 2. The zero-order valence-electron chi connectivity index (χ0n) is 7.66. The second-order valence-electron chi connectivity index (χ2n) is 3.05. The molecule has 0 saturated carbocycles. The summed E-state index contributed by atoms with van der Waals surface area (Å²) in [6.45, 7) is 1.65. The van der Waals surface area contributed by atoms with Crippen molar-refractivity contribution in [2.75, 3.05) is 0 Å². The van der Waals surface area contributed by atoms with E-state index in [1.165, 1.54) is 10.6 Å². The third-order valence-electron chi connectivity index (χ3n) is 2.02. The fraction of sp³-hybridized carbons (Fsp3) is 0.111. The number of hydrogen-bond donors (Lipinski definition) is 1. The van der Waals surface area contributed by atoms with E-state index < -0.39 is 5.97 Å². The lowest BCUT2D eigenvalue weighted by atomic mass is 10.3. The Morgan fingerprint density at radius 1 is 1.67 bits per heavy atom. The highest BCUT2D eigenvalue weighted by Crippen LogP contribution is 2.24.